The van der Waals surface area contributed by atoms with Gasteiger partial charge in [-0.25, -0.2) is 0 Å². The van der Waals surface area contributed by atoms with Crippen LogP contribution in [0.15, 0.2) is 0 Å². The van der Waals surface area contributed by atoms with Gasteiger partial charge in [0.05, 0.1) is 0 Å². The minimum atomic E-state index is 1.04. The summed E-state index contributed by atoms with van der Waals surface area (Å²) in [6.45, 7) is 6.00. The Morgan fingerprint density at radius 2 is 2.20 bits per heavy atom. The predicted molar refractivity (Wildman–Crippen MR) is 48.6 cm³/mol. The number of nitrogens with zero attached hydrogens (tertiary/aromatic N) is 1. The van der Waals surface area contributed by atoms with Crippen LogP contribution in [0.25, 0.3) is 0 Å². The molecular weight excluding hydrogens is 190 g/mol. The van der Waals surface area contributed by atoms with Crippen molar-refractivity contribution in [1.29, 1.82) is 0 Å². The maximum Gasteiger partial charge on any atom is 0.0159 e. The summed E-state index contributed by atoms with van der Waals surface area (Å²) >= 11 is 3.46. The standard InChI is InChI=1S/C8H16BrN/c1-2-10(6-5-9)7-8-3-4-8/h8H,2-7H2,1H3. The topological polar surface area (TPSA) is 3.24 Å². The van der Waals surface area contributed by atoms with E-state index in [9.17, 15) is 0 Å². The van der Waals surface area contributed by atoms with Gasteiger partial charge in [0.2, 0.25) is 0 Å². The van der Waals surface area contributed by atoms with Crippen molar-refractivity contribution >= 4 is 15.9 Å². The molecule has 1 aliphatic rings. The molecule has 0 aliphatic heterocycles. The first-order valence-corrected chi connectivity index (χ1v) is 5.27. The summed E-state index contributed by atoms with van der Waals surface area (Å²) in [5.41, 5.74) is 0. The Morgan fingerprint density at radius 3 is 2.60 bits per heavy atom. The fraction of sp³-hybridized carbons (Fsp3) is 1.00. The molecule has 1 fully saturated rings. The minimum Gasteiger partial charge on any atom is -0.303 e. The molecule has 60 valence electrons. The Labute approximate surface area is 71.9 Å². The average Bonchev–Trinajstić information content (AvgIpc) is 2.71. The third-order valence-corrected chi connectivity index (χ3v) is 2.42. The highest BCUT2D eigenvalue weighted by Crippen LogP contribution is 2.29. The van der Waals surface area contributed by atoms with Gasteiger partial charge < -0.3 is 4.90 Å². The second kappa shape index (κ2) is 4.35. The molecule has 0 radical (unpaired) electrons. The summed E-state index contributed by atoms with van der Waals surface area (Å²) in [6.07, 6.45) is 2.94. The molecule has 2 heteroatoms. The molecule has 0 saturated heterocycles. The van der Waals surface area contributed by atoms with E-state index in [2.05, 4.69) is 27.8 Å². The van der Waals surface area contributed by atoms with Crippen molar-refractivity contribution in [2.45, 2.75) is 19.8 Å². The zero-order valence-corrected chi connectivity index (χ0v) is 8.23. The van der Waals surface area contributed by atoms with Crippen molar-refractivity contribution in [3.63, 3.8) is 0 Å². The Kier molecular flexibility index (Phi) is 3.71. The molecule has 0 heterocycles. The fourth-order valence-electron chi connectivity index (χ4n) is 1.16. The monoisotopic (exact) mass is 205 g/mol. The van der Waals surface area contributed by atoms with Gasteiger partial charge in [-0.15, -0.1) is 0 Å². The van der Waals surface area contributed by atoms with Gasteiger partial charge in [-0.05, 0) is 25.3 Å². The summed E-state index contributed by atoms with van der Waals surface area (Å²) < 4.78 is 0. The first kappa shape index (κ1) is 8.54. The molecule has 1 aliphatic carbocycles. The molecule has 0 aromatic carbocycles. The number of rotatable bonds is 5. The quantitative estimate of drug-likeness (QED) is 0.622. The van der Waals surface area contributed by atoms with Crippen LogP contribution in [-0.4, -0.2) is 29.9 Å². The molecule has 0 unspecified atom stereocenters. The maximum atomic E-state index is 3.46. The van der Waals surface area contributed by atoms with E-state index in [1.54, 1.807) is 0 Å². The predicted octanol–water partition coefficient (Wildman–Crippen LogP) is 2.11. The summed E-state index contributed by atoms with van der Waals surface area (Å²) in [6, 6.07) is 0. The van der Waals surface area contributed by atoms with Crippen LogP contribution in [0.4, 0.5) is 0 Å². The number of halogens is 1. The minimum absolute atomic E-state index is 1.04. The van der Waals surface area contributed by atoms with Crippen LogP contribution in [0.3, 0.4) is 0 Å². The molecule has 10 heavy (non-hydrogen) atoms. The van der Waals surface area contributed by atoms with Gasteiger partial charge in [0.1, 0.15) is 0 Å². The van der Waals surface area contributed by atoms with Crippen molar-refractivity contribution < 1.29 is 0 Å². The second-order valence-corrected chi connectivity index (χ2v) is 3.82. The van der Waals surface area contributed by atoms with Crippen molar-refractivity contribution in [2.75, 3.05) is 25.0 Å². The largest absolute Gasteiger partial charge is 0.303 e. The van der Waals surface area contributed by atoms with Crippen LogP contribution in [0.5, 0.6) is 0 Å². The highest BCUT2D eigenvalue weighted by molar-refractivity contribution is 9.09. The highest BCUT2D eigenvalue weighted by Gasteiger charge is 2.22. The van der Waals surface area contributed by atoms with E-state index in [-0.39, 0.29) is 0 Å². The number of hydrogen-bond acceptors (Lipinski definition) is 1. The van der Waals surface area contributed by atoms with Crippen LogP contribution in [-0.2, 0) is 0 Å². The van der Waals surface area contributed by atoms with Gasteiger partial charge >= 0.3 is 0 Å². The third kappa shape index (κ3) is 3.02. The van der Waals surface area contributed by atoms with Crippen LogP contribution < -0.4 is 0 Å². The van der Waals surface area contributed by atoms with Crippen LogP contribution >= 0.6 is 15.9 Å². The molecule has 0 atom stereocenters. The van der Waals surface area contributed by atoms with Crippen molar-refractivity contribution in [3.8, 4) is 0 Å². The van der Waals surface area contributed by atoms with E-state index >= 15 is 0 Å². The first-order chi connectivity index (χ1) is 4.86. The average molecular weight is 206 g/mol. The van der Waals surface area contributed by atoms with Crippen LogP contribution in [0.2, 0.25) is 0 Å². The molecule has 0 amide bonds. The summed E-state index contributed by atoms with van der Waals surface area (Å²) in [4.78, 5) is 2.52. The van der Waals surface area contributed by atoms with Gasteiger partial charge in [-0.2, -0.15) is 0 Å². The molecule has 1 rings (SSSR count). The summed E-state index contributed by atoms with van der Waals surface area (Å²) in [7, 11) is 0. The van der Waals surface area contributed by atoms with Crippen LogP contribution in [0, 0.1) is 5.92 Å². The molecule has 0 bridgehead atoms. The maximum absolute atomic E-state index is 3.46. The van der Waals surface area contributed by atoms with E-state index in [0.29, 0.717) is 0 Å². The number of hydrogen-bond donors (Lipinski definition) is 0. The summed E-state index contributed by atoms with van der Waals surface area (Å²) in [5.74, 6) is 1.04. The lowest BCUT2D eigenvalue weighted by Gasteiger charge is -2.18. The summed E-state index contributed by atoms with van der Waals surface area (Å²) in [5, 5.41) is 1.12. The lowest BCUT2D eigenvalue weighted by Crippen LogP contribution is -2.27. The molecule has 0 spiro atoms. The zero-order chi connectivity index (χ0) is 7.40. The lowest BCUT2D eigenvalue weighted by atomic mass is 10.3. The Hall–Kier alpha value is 0.440. The SMILES string of the molecule is CCN(CCBr)CC1CC1. The molecule has 0 N–H and O–H groups in total. The van der Waals surface area contributed by atoms with E-state index in [1.165, 1.54) is 32.5 Å². The third-order valence-electron chi connectivity index (χ3n) is 2.06. The van der Waals surface area contributed by atoms with Gasteiger partial charge in [0.15, 0.2) is 0 Å². The van der Waals surface area contributed by atoms with Gasteiger partial charge in [0, 0.05) is 18.4 Å². The number of alkyl halides is 1. The normalized spacial score (nSPS) is 18.3. The Balaban J connectivity index is 2.05. The smallest absolute Gasteiger partial charge is 0.0159 e. The van der Waals surface area contributed by atoms with Crippen molar-refractivity contribution in [2.24, 2.45) is 5.92 Å². The fourth-order valence-corrected chi connectivity index (χ4v) is 1.67. The van der Waals surface area contributed by atoms with Crippen molar-refractivity contribution in [1.82, 2.24) is 4.90 Å². The van der Waals surface area contributed by atoms with E-state index in [4.69, 9.17) is 0 Å². The van der Waals surface area contributed by atoms with Gasteiger partial charge in [0.25, 0.3) is 0 Å². The molecule has 0 aromatic heterocycles. The van der Waals surface area contributed by atoms with E-state index < -0.39 is 0 Å². The van der Waals surface area contributed by atoms with Gasteiger partial charge in [-0.1, -0.05) is 22.9 Å². The first-order valence-electron chi connectivity index (χ1n) is 4.15. The lowest BCUT2D eigenvalue weighted by molar-refractivity contribution is 0.294. The molecule has 1 saturated carbocycles. The molecular formula is C8H16BrN. The second-order valence-electron chi connectivity index (χ2n) is 3.03. The van der Waals surface area contributed by atoms with Crippen LogP contribution in [0.1, 0.15) is 19.8 Å². The molecule has 1 nitrogen and oxygen atoms in total. The molecule has 0 aromatic rings. The van der Waals surface area contributed by atoms with Gasteiger partial charge in [-0.3, -0.25) is 0 Å². The Bertz CT molecular complexity index is 91.3. The Morgan fingerprint density at radius 1 is 1.50 bits per heavy atom. The van der Waals surface area contributed by atoms with E-state index in [0.717, 1.165) is 11.2 Å². The van der Waals surface area contributed by atoms with Crippen molar-refractivity contribution in [3.05, 3.63) is 0 Å². The zero-order valence-electron chi connectivity index (χ0n) is 6.65. The van der Waals surface area contributed by atoms with E-state index in [1.807, 2.05) is 0 Å². The highest BCUT2D eigenvalue weighted by atomic mass is 79.9.